The minimum absolute atomic E-state index is 0.0105. The van der Waals surface area contributed by atoms with Gasteiger partial charge in [-0.05, 0) is 36.6 Å². The number of carbonyl (C=O) groups is 1. The number of amides is 1. The molecule has 1 fully saturated rings. The van der Waals surface area contributed by atoms with Crippen LogP contribution in [0.15, 0.2) is 59.5 Å². The molecule has 1 aliphatic heterocycles. The van der Waals surface area contributed by atoms with E-state index in [4.69, 9.17) is 11.6 Å². The lowest BCUT2D eigenvalue weighted by atomic mass is 10.1. The molecule has 6 heteroatoms. The van der Waals surface area contributed by atoms with Crippen LogP contribution in [0.1, 0.15) is 18.4 Å². The van der Waals surface area contributed by atoms with Gasteiger partial charge in [0.05, 0.1) is 16.6 Å². The Hall–Kier alpha value is -1.85. The molecule has 2 aromatic carbocycles. The summed E-state index contributed by atoms with van der Waals surface area (Å²) in [5.41, 5.74) is 0.799. The summed E-state index contributed by atoms with van der Waals surface area (Å²) in [5, 5.41) is 0.150. The lowest BCUT2D eigenvalue weighted by Gasteiger charge is -2.32. The second-order valence-electron chi connectivity index (χ2n) is 6.21. The summed E-state index contributed by atoms with van der Waals surface area (Å²) >= 11 is 6.11. The smallest absolute Gasteiger partial charge is 0.227 e. The molecule has 0 bridgehead atoms. The zero-order valence-electron chi connectivity index (χ0n) is 13.8. The predicted octanol–water partition coefficient (Wildman–Crippen LogP) is 3.35. The zero-order chi connectivity index (χ0) is 17.9. The molecule has 2 aromatic rings. The maximum absolute atomic E-state index is 12.7. The number of hydrogen-bond acceptors (Lipinski definition) is 3. The highest BCUT2D eigenvalue weighted by molar-refractivity contribution is 7.92. The largest absolute Gasteiger partial charge is 0.342 e. The van der Waals surface area contributed by atoms with Gasteiger partial charge in [0.2, 0.25) is 5.91 Å². The SMILES string of the molecule is O=C(Cc1ccccc1Cl)N1CCC(S(=O)(=O)c2ccccc2)CC1. The summed E-state index contributed by atoms with van der Waals surface area (Å²) in [4.78, 5) is 14.6. The lowest BCUT2D eigenvalue weighted by molar-refractivity contribution is -0.131. The van der Waals surface area contributed by atoms with E-state index in [1.54, 1.807) is 41.3 Å². The van der Waals surface area contributed by atoms with E-state index in [2.05, 4.69) is 0 Å². The van der Waals surface area contributed by atoms with Crippen LogP contribution in [0.3, 0.4) is 0 Å². The van der Waals surface area contributed by atoms with Gasteiger partial charge in [0.15, 0.2) is 9.84 Å². The molecule has 0 unspecified atom stereocenters. The van der Waals surface area contributed by atoms with Gasteiger partial charge in [-0.25, -0.2) is 8.42 Å². The van der Waals surface area contributed by atoms with Gasteiger partial charge in [0, 0.05) is 18.1 Å². The van der Waals surface area contributed by atoms with Gasteiger partial charge < -0.3 is 4.90 Å². The highest BCUT2D eigenvalue weighted by Gasteiger charge is 2.32. The number of hydrogen-bond donors (Lipinski definition) is 0. The second kappa shape index (κ2) is 7.58. The Bertz CT molecular complexity index is 844. The Balaban J connectivity index is 1.62. The fourth-order valence-electron chi connectivity index (χ4n) is 3.13. The van der Waals surface area contributed by atoms with Crippen molar-refractivity contribution in [2.75, 3.05) is 13.1 Å². The molecular weight excluding hydrogens is 358 g/mol. The average molecular weight is 378 g/mol. The molecular formula is C19H20ClNO3S. The van der Waals surface area contributed by atoms with Gasteiger partial charge in [-0.15, -0.1) is 0 Å². The van der Waals surface area contributed by atoms with Crippen molar-refractivity contribution >= 4 is 27.3 Å². The molecule has 0 atom stereocenters. The fourth-order valence-corrected chi connectivity index (χ4v) is 5.09. The Morgan fingerprint density at radius 1 is 1.00 bits per heavy atom. The van der Waals surface area contributed by atoms with Crippen LogP contribution in [0, 0.1) is 0 Å². The van der Waals surface area contributed by atoms with Crippen molar-refractivity contribution in [3.8, 4) is 0 Å². The number of piperidine rings is 1. The van der Waals surface area contributed by atoms with Crippen LogP contribution in [0.5, 0.6) is 0 Å². The van der Waals surface area contributed by atoms with Crippen molar-refractivity contribution in [3.05, 3.63) is 65.2 Å². The topological polar surface area (TPSA) is 54.5 Å². The molecule has 0 saturated carbocycles. The van der Waals surface area contributed by atoms with E-state index in [1.807, 2.05) is 18.2 Å². The van der Waals surface area contributed by atoms with Gasteiger partial charge in [0.1, 0.15) is 0 Å². The van der Waals surface area contributed by atoms with E-state index in [0.717, 1.165) is 5.56 Å². The molecule has 25 heavy (non-hydrogen) atoms. The maximum Gasteiger partial charge on any atom is 0.227 e. The number of nitrogens with zero attached hydrogens (tertiary/aromatic N) is 1. The first-order chi connectivity index (χ1) is 12.0. The van der Waals surface area contributed by atoms with E-state index in [9.17, 15) is 13.2 Å². The van der Waals surface area contributed by atoms with Crippen molar-refractivity contribution in [2.45, 2.75) is 29.4 Å². The Morgan fingerprint density at radius 2 is 1.60 bits per heavy atom. The molecule has 1 amide bonds. The molecule has 0 spiro atoms. The molecule has 3 rings (SSSR count). The number of carbonyl (C=O) groups excluding carboxylic acids is 1. The molecule has 132 valence electrons. The van der Waals surface area contributed by atoms with E-state index in [1.165, 1.54) is 0 Å². The van der Waals surface area contributed by atoms with Crippen molar-refractivity contribution in [2.24, 2.45) is 0 Å². The van der Waals surface area contributed by atoms with Crippen LogP contribution < -0.4 is 0 Å². The summed E-state index contributed by atoms with van der Waals surface area (Å²) in [6, 6.07) is 15.8. The van der Waals surface area contributed by atoms with Gasteiger partial charge in [-0.2, -0.15) is 0 Å². The van der Waals surface area contributed by atoms with E-state index < -0.39 is 15.1 Å². The average Bonchev–Trinajstić information content (AvgIpc) is 2.64. The van der Waals surface area contributed by atoms with Crippen molar-refractivity contribution < 1.29 is 13.2 Å². The molecule has 0 N–H and O–H groups in total. The Kier molecular flexibility index (Phi) is 5.45. The van der Waals surface area contributed by atoms with Gasteiger partial charge in [-0.3, -0.25) is 4.79 Å². The quantitative estimate of drug-likeness (QED) is 0.821. The number of halogens is 1. The summed E-state index contributed by atoms with van der Waals surface area (Å²) in [6.45, 7) is 0.917. The highest BCUT2D eigenvalue weighted by atomic mass is 35.5. The highest BCUT2D eigenvalue weighted by Crippen LogP contribution is 2.25. The van der Waals surface area contributed by atoms with Crippen molar-refractivity contribution in [3.63, 3.8) is 0 Å². The van der Waals surface area contributed by atoms with Gasteiger partial charge in [0.25, 0.3) is 0 Å². The molecule has 4 nitrogen and oxygen atoms in total. The molecule has 1 aliphatic rings. The van der Waals surface area contributed by atoms with Crippen LogP contribution >= 0.6 is 11.6 Å². The fraction of sp³-hybridized carbons (Fsp3) is 0.316. The third-order valence-corrected chi connectivity index (χ3v) is 7.25. The van der Waals surface area contributed by atoms with Crippen molar-refractivity contribution in [1.82, 2.24) is 4.90 Å². The lowest BCUT2D eigenvalue weighted by Crippen LogP contribution is -2.43. The molecule has 0 radical (unpaired) electrons. The predicted molar refractivity (Wildman–Crippen MR) is 98.4 cm³/mol. The number of likely N-dealkylation sites (tertiary alicyclic amines) is 1. The van der Waals surface area contributed by atoms with E-state index in [-0.39, 0.29) is 12.3 Å². The van der Waals surface area contributed by atoms with Crippen LogP contribution in [0.2, 0.25) is 5.02 Å². The maximum atomic E-state index is 12.7. The number of rotatable bonds is 4. The number of benzene rings is 2. The third kappa shape index (κ3) is 4.05. The van der Waals surface area contributed by atoms with Crippen molar-refractivity contribution in [1.29, 1.82) is 0 Å². The first kappa shape index (κ1) is 18.0. The minimum Gasteiger partial charge on any atom is -0.342 e. The monoisotopic (exact) mass is 377 g/mol. The Labute approximate surface area is 153 Å². The Morgan fingerprint density at radius 3 is 2.24 bits per heavy atom. The molecule has 0 aromatic heterocycles. The van der Waals surface area contributed by atoms with Crippen LogP contribution in [-0.2, 0) is 21.1 Å². The summed E-state index contributed by atoms with van der Waals surface area (Å²) in [7, 11) is -3.34. The number of sulfone groups is 1. The molecule has 0 aliphatic carbocycles. The van der Waals surface area contributed by atoms with Crippen LogP contribution in [0.25, 0.3) is 0 Å². The summed E-state index contributed by atoms with van der Waals surface area (Å²) in [5.74, 6) is -0.0105. The van der Waals surface area contributed by atoms with E-state index in [0.29, 0.717) is 35.8 Å². The standard InChI is InChI=1S/C19H20ClNO3S/c20-18-9-5-4-6-15(18)14-19(22)21-12-10-17(11-13-21)25(23,24)16-7-2-1-3-8-16/h1-9,17H,10-14H2. The minimum atomic E-state index is -3.34. The second-order valence-corrected chi connectivity index (χ2v) is 8.84. The third-order valence-electron chi connectivity index (χ3n) is 4.60. The normalized spacial score (nSPS) is 16.0. The van der Waals surface area contributed by atoms with E-state index >= 15 is 0 Å². The molecule has 1 heterocycles. The first-order valence-corrected chi connectivity index (χ1v) is 10.2. The first-order valence-electron chi connectivity index (χ1n) is 8.28. The zero-order valence-corrected chi connectivity index (χ0v) is 15.3. The van der Waals surface area contributed by atoms with Crippen LogP contribution in [-0.4, -0.2) is 37.6 Å². The van der Waals surface area contributed by atoms with Gasteiger partial charge >= 0.3 is 0 Å². The molecule has 1 saturated heterocycles. The van der Waals surface area contributed by atoms with Crippen LogP contribution in [0.4, 0.5) is 0 Å². The summed E-state index contributed by atoms with van der Waals surface area (Å²) < 4.78 is 25.4. The summed E-state index contributed by atoms with van der Waals surface area (Å²) in [6.07, 6.45) is 1.17. The van der Waals surface area contributed by atoms with Gasteiger partial charge in [-0.1, -0.05) is 48.0 Å².